The molecule has 0 saturated carbocycles. The van der Waals surface area contributed by atoms with Crippen LogP contribution >= 0.6 is 23.1 Å². The Bertz CT molecular complexity index is 315. The highest BCUT2D eigenvalue weighted by atomic mass is 32.2. The fourth-order valence-electron chi connectivity index (χ4n) is 1.02. The minimum absolute atomic E-state index is 0.279. The Hall–Kier alpha value is -0.750. The van der Waals surface area contributed by atoms with Gasteiger partial charge in [0.15, 0.2) is 5.13 Å². The van der Waals surface area contributed by atoms with E-state index in [1.807, 2.05) is 11.8 Å². The Morgan fingerprint density at radius 3 is 3.07 bits per heavy atom. The van der Waals surface area contributed by atoms with Crippen molar-refractivity contribution >= 4 is 34.2 Å². The molecule has 1 rings (SSSR count). The number of hydrogen-bond acceptors (Lipinski definition) is 5. The second-order valence-electron chi connectivity index (χ2n) is 2.96. The minimum atomic E-state index is -0.914. The van der Waals surface area contributed by atoms with Gasteiger partial charge in [0.05, 0.1) is 6.20 Å². The van der Waals surface area contributed by atoms with E-state index in [0.29, 0.717) is 5.13 Å². The molecule has 1 aromatic heterocycles. The number of anilines is 1. The Morgan fingerprint density at radius 1 is 1.67 bits per heavy atom. The number of thiazole rings is 1. The number of carboxylic acid groups (broad SMARTS) is 1. The highest BCUT2D eigenvalue weighted by Gasteiger charge is 2.07. The predicted molar refractivity (Wildman–Crippen MR) is 65.2 cm³/mol. The molecule has 0 aliphatic carbocycles. The standard InChI is InChI=1S/C9H14N2O2S2/c1-14-5-3-2-4-10-9-11-6-7(15-9)8(12)13/h6H,2-5H2,1H3,(H,10,11)(H,12,13). The van der Waals surface area contributed by atoms with Gasteiger partial charge in [-0.2, -0.15) is 11.8 Å². The summed E-state index contributed by atoms with van der Waals surface area (Å²) in [7, 11) is 0. The fraction of sp³-hybridized carbons (Fsp3) is 0.556. The van der Waals surface area contributed by atoms with Gasteiger partial charge < -0.3 is 10.4 Å². The summed E-state index contributed by atoms with van der Waals surface area (Å²) < 4.78 is 0. The van der Waals surface area contributed by atoms with Crippen LogP contribution in [0.3, 0.4) is 0 Å². The van der Waals surface area contributed by atoms with E-state index in [-0.39, 0.29) is 4.88 Å². The molecule has 0 fully saturated rings. The normalized spacial score (nSPS) is 10.2. The molecule has 0 spiro atoms. The molecule has 0 aliphatic heterocycles. The lowest BCUT2D eigenvalue weighted by Crippen LogP contribution is -2.01. The molecule has 15 heavy (non-hydrogen) atoms. The minimum Gasteiger partial charge on any atom is -0.477 e. The maximum Gasteiger partial charge on any atom is 0.347 e. The molecule has 6 heteroatoms. The van der Waals surface area contributed by atoms with E-state index in [9.17, 15) is 4.79 Å². The molecule has 1 aromatic rings. The first-order valence-electron chi connectivity index (χ1n) is 4.66. The van der Waals surface area contributed by atoms with Crippen molar-refractivity contribution in [3.05, 3.63) is 11.1 Å². The lowest BCUT2D eigenvalue weighted by atomic mass is 10.3. The van der Waals surface area contributed by atoms with Crippen molar-refractivity contribution in [2.24, 2.45) is 0 Å². The van der Waals surface area contributed by atoms with E-state index >= 15 is 0 Å². The van der Waals surface area contributed by atoms with Crippen molar-refractivity contribution < 1.29 is 9.90 Å². The fourth-order valence-corrected chi connectivity index (χ4v) is 2.19. The van der Waals surface area contributed by atoms with Gasteiger partial charge in [0.2, 0.25) is 0 Å². The summed E-state index contributed by atoms with van der Waals surface area (Å²) in [6.07, 6.45) is 5.73. The largest absolute Gasteiger partial charge is 0.477 e. The molecule has 0 radical (unpaired) electrons. The molecule has 0 amide bonds. The first-order valence-corrected chi connectivity index (χ1v) is 6.87. The van der Waals surface area contributed by atoms with E-state index in [4.69, 9.17) is 5.11 Å². The molecular weight excluding hydrogens is 232 g/mol. The number of hydrogen-bond donors (Lipinski definition) is 2. The van der Waals surface area contributed by atoms with Gasteiger partial charge in [-0.3, -0.25) is 0 Å². The molecule has 0 saturated heterocycles. The molecule has 2 N–H and O–H groups in total. The summed E-state index contributed by atoms with van der Waals surface area (Å²) in [5, 5.41) is 12.5. The van der Waals surface area contributed by atoms with Crippen molar-refractivity contribution in [1.29, 1.82) is 0 Å². The number of nitrogens with zero attached hydrogens (tertiary/aromatic N) is 1. The van der Waals surface area contributed by atoms with E-state index in [1.54, 1.807) is 0 Å². The zero-order valence-electron chi connectivity index (χ0n) is 8.52. The number of unbranched alkanes of at least 4 members (excludes halogenated alkanes) is 1. The molecular formula is C9H14N2O2S2. The molecule has 4 nitrogen and oxygen atoms in total. The summed E-state index contributed by atoms with van der Waals surface area (Å²) in [5.74, 6) is 0.253. The van der Waals surface area contributed by atoms with Gasteiger partial charge in [-0.1, -0.05) is 11.3 Å². The Balaban J connectivity index is 2.23. The molecule has 0 unspecified atom stereocenters. The molecule has 84 valence electrons. The number of aromatic carboxylic acids is 1. The van der Waals surface area contributed by atoms with Crippen LogP contribution in [-0.4, -0.2) is 34.6 Å². The van der Waals surface area contributed by atoms with Crippen LogP contribution in [-0.2, 0) is 0 Å². The van der Waals surface area contributed by atoms with Crippen LogP contribution in [0.4, 0.5) is 5.13 Å². The van der Waals surface area contributed by atoms with Crippen LogP contribution in [0, 0.1) is 0 Å². The highest BCUT2D eigenvalue weighted by molar-refractivity contribution is 7.98. The number of carbonyl (C=O) groups is 1. The summed E-state index contributed by atoms with van der Waals surface area (Å²) in [6, 6.07) is 0. The van der Waals surface area contributed by atoms with Crippen LogP contribution in [0.5, 0.6) is 0 Å². The average molecular weight is 246 g/mol. The van der Waals surface area contributed by atoms with Crippen LogP contribution in [0.25, 0.3) is 0 Å². The summed E-state index contributed by atoms with van der Waals surface area (Å²) >= 11 is 3.02. The van der Waals surface area contributed by atoms with Crippen molar-refractivity contribution in [3.63, 3.8) is 0 Å². The number of nitrogens with one attached hydrogen (secondary N) is 1. The topological polar surface area (TPSA) is 62.2 Å². The van der Waals surface area contributed by atoms with E-state index in [0.717, 1.165) is 13.0 Å². The second kappa shape index (κ2) is 6.68. The lowest BCUT2D eigenvalue weighted by Gasteiger charge is -2.00. The average Bonchev–Trinajstić information content (AvgIpc) is 2.66. The number of thioether (sulfide) groups is 1. The third-order valence-electron chi connectivity index (χ3n) is 1.77. The van der Waals surface area contributed by atoms with Crippen molar-refractivity contribution in [1.82, 2.24) is 4.98 Å². The maximum absolute atomic E-state index is 10.6. The third-order valence-corrected chi connectivity index (χ3v) is 3.41. The molecule has 0 aliphatic rings. The Morgan fingerprint density at radius 2 is 2.47 bits per heavy atom. The van der Waals surface area contributed by atoms with Gasteiger partial charge >= 0.3 is 5.97 Å². The van der Waals surface area contributed by atoms with Gasteiger partial charge in [0, 0.05) is 6.54 Å². The van der Waals surface area contributed by atoms with Gasteiger partial charge in [-0.25, -0.2) is 9.78 Å². The Labute approximate surface area is 97.1 Å². The van der Waals surface area contributed by atoms with E-state index in [1.165, 1.54) is 29.7 Å². The summed E-state index contributed by atoms with van der Waals surface area (Å²) in [5.41, 5.74) is 0. The third kappa shape index (κ3) is 4.53. The van der Waals surface area contributed by atoms with Gasteiger partial charge in [0.1, 0.15) is 4.88 Å². The number of aromatic nitrogens is 1. The van der Waals surface area contributed by atoms with Crippen molar-refractivity contribution in [3.8, 4) is 0 Å². The predicted octanol–water partition coefficient (Wildman–Crippen LogP) is 2.40. The van der Waals surface area contributed by atoms with Crippen molar-refractivity contribution in [2.45, 2.75) is 12.8 Å². The molecule has 0 atom stereocenters. The lowest BCUT2D eigenvalue weighted by molar-refractivity contribution is 0.0702. The smallest absolute Gasteiger partial charge is 0.347 e. The van der Waals surface area contributed by atoms with Gasteiger partial charge in [0.25, 0.3) is 0 Å². The number of rotatable bonds is 7. The molecule has 0 bridgehead atoms. The monoisotopic (exact) mass is 246 g/mol. The maximum atomic E-state index is 10.6. The number of carboxylic acids is 1. The first-order chi connectivity index (χ1) is 7.24. The zero-order valence-corrected chi connectivity index (χ0v) is 10.2. The quantitative estimate of drug-likeness (QED) is 0.723. The van der Waals surface area contributed by atoms with Crippen LogP contribution < -0.4 is 5.32 Å². The SMILES string of the molecule is CSCCCCNc1ncc(C(=O)O)s1. The van der Waals surface area contributed by atoms with Gasteiger partial charge in [-0.15, -0.1) is 0 Å². The van der Waals surface area contributed by atoms with E-state index in [2.05, 4.69) is 16.6 Å². The van der Waals surface area contributed by atoms with Crippen molar-refractivity contribution in [2.75, 3.05) is 23.9 Å². The van der Waals surface area contributed by atoms with Crippen LogP contribution in [0.1, 0.15) is 22.5 Å². The van der Waals surface area contributed by atoms with Crippen LogP contribution in [0.2, 0.25) is 0 Å². The second-order valence-corrected chi connectivity index (χ2v) is 4.98. The zero-order chi connectivity index (χ0) is 11.1. The summed E-state index contributed by atoms with van der Waals surface area (Å²) in [4.78, 5) is 14.8. The van der Waals surface area contributed by atoms with Crippen LogP contribution in [0.15, 0.2) is 6.20 Å². The highest BCUT2D eigenvalue weighted by Crippen LogP contribution is 2.17. The summed E-state index contributed by atoms with van der Waals surface area (Å²) in [6.45, 7) is 0.854. The van der Waals surface area contributed by atoms with Gasteiger partial charge in [-0.05, 0) is 24.9 Å². The molecule has 0 aromatic carbocycles. The first kappa shape index (κ1) is 12.3. The van der Waals surface area contributed by atoms with E-state index < -0.39 is 5.97 Å². The Kier molecular flexibility index (Phi) is 5.49. The molecule has 1 heterocycles.